The van der Waals surface area contributed by atoms with Crippen LogP contribution in [-0.2, 0) is 6.42 Å². The molecule has 26 heavy (non-hydrogen) atoms. The highest BCUT2D eigenvalue weighted by atomic mass is 16.3. The van der Waals surface area contributed by atoms with E-state index in [1.807, 2.05) is 24.3 Å². The normalized spacial score (nSPS) is 29.6. The van der Waals surface area contributed by atoms with E-state index in [9.17, 15) is 10.2 Å². The van der Waals surface area contributed by atoms with Gasteiger partial charge in [-0.15, -0.1) is 0 Å². The number of likely N-dealkylation sites (tertiary alicyclic amines) is 1. The van der Waals surface area contributed by atoms with E-state index < -0.39 is 5.60 Å². The van der Waals surface area contributed by atoms with Crippen LogP contribution in [0.1, 0.15) is 36.8 Å². The Morgan fingerprint density at radius 1 is 1.08 bits per heavy atom. The molecule has 4 nitrogen and oxygen atoms in total. The van der Waals surface area contributed by atoms with Crippen LogP contribution in [0.2, 0.25) is 0 Å². The van der Waals surface area contributed by atoms with Crippen LogP contribution in [0.25, 0.3) is 0 Å². The number of benzene rings is 1. The fourth-order valence-corrected chi connectivity index (χ4v) is 5.03. The standard InChI is InChI=1S/C22H28N2O2/c1-16(18-2-4-21(25)5-3-18)13-24-14-19-11-22(26,12-20(19)15-24)10-17-6-8-23-9-7-17/h2-9,16,19-20,25-26H,10-15H2,1H3/t16?,19-,20+,22?. The van der Waals surface area contributed by atoms with Gasteiger partial charge in [0.05, 0.1) is 5.60 Å². The van der Waals surface area contributed by atoms with Crippen LogP contribution < -0.4 is 0 Å². The SMILES string of the molecule is CC(CN1C[C@@H]2CC(O)(Cc3ccncc3)C[C@@H]2C1)c1ccc(O)cc1. The summed E-state index contributed by atoms with van der Waals surface area (Å²) in [7, 11) is 0. The minimum atomic E-state index is -0.550. The van der Waals surface area contributed by atoms with Gasteiger partial charge in [-0.05, 0) is 66.0 Å². The second-order valence-electron chi connectivity index (χ2n) is 8.40. The van der Waals surface area contributed by atoms with Gasteiger partial charge in [-0.25, -0.2) is 0 Å². The van der Waals surface area contributed by atoms with Crippen LogP contribution in [0.3, 0.4) is 0 Å². The molecule has 0 radical (unpaired) electrons. The van der Waals surface area contributed by atoms with Gasteiger partial charge in [0.2, 0.25) is 0 Å². The maximum atomic E-state index is 11.1. The topological polar surface area (TPSA) is 56.6 Å². The highest BCUT2D eigenvalue weighted by Gasteiger charge is 2.48. The highest BCUT2D eigenvalue weighted by Crippen LogP contribution is 2.45. The lowest BCUT2D eigenvalue weighted by molar-refractivity contribution is 0.0353. The zero-order valence-electron chi connectivity index (χ0n) is 15.4. The zero-order valence-corrected chi connectivity index (χ0v) is 15.4. The number of phenols is 1. The summed E-state index contributed by atoms with van der Waals surface area (Å²) in [6.07, 6.45) is 6.17. The molecular weight excluding hydrogens is 324 g/mol. The number of nitrogens with zero attached hydrogens (tertiary/aromatic N) is 2. The zero-order chi connectivity index (χ0) is 18.1. The Morgan fingerprint density at radius 2 is 1.69 bits per heavy atom. The first-order valence-electron chi connectivity index (χ1n) is 9.63. The molecule has 4 atom stereocenters. The molecule has 0 amide bonds. The molecule has 2 aliphatic rings. The molecule has 2 aromatic rings. The smallest absolute Gasteiger partial charge is 0.115 e. The lowest BCUT2D eigenvalue weighted by atomic mass is 9.91. The summed E-state index contributed by atoms with van der Waals surface area (Å²) in [6, 6.07) is 11.6. The monoisotopic (exact) mass is 352 g/mol. The summed E-state index contributed by atoms with van der Waals surface area (Å²) in [4.78, 5) is 6.62. The summed E-state index contributed by atoms with van der Waals surface area (Å²) in [6.45, 7) is 5.47. The Hall–Kier alpha value is -1.91. The van der Waals surface area contributed by atoms with Gasteiger partial charge in [-0.3, -0.25) is 4.98 Å². The minimum Gasteiger partial charge on any atom is -0.508 e. The van der Waals surface area contributed by atoms with Gasteiger partial charge >= 0.3 is 0 Å². The summed E-state index contributed by atoms with van der Waals surface area (Å²) in [5.41, 5.74) is 1.90. The van der Waals surface area contributed by atoms with Crippen LogP contribution in [0.4, 0.5) is 0 Å². The van der Waals surface area contributed by atoms with E-state index >= 15 is 0 Å². The molecule has 2 heterocycles. The molecule has 4 heteroatoms. The number of hydrogen-bond donors (Lipinski definition) is 2. The van der Waals surface area contributed by atoms with Crippen molar-refractivity contribution in [3.8, 4) is 5.75 Å². The van der Waals surface area contributed by atoms with Gasteiger partial charge in [-0.1, -0.05) is 19.1 Å². The van der Waals surface area contributed by atoms with Crippen LogP contribution in [-0.4, -0.2) is 45.3 Å². The largest absolute Gasteiger partial charge is 0.508 e. The summed E-state index contributed by atoms with van der Waals surface area (Å²) in [5, 5.41) is 20.5. The number of fused-ring (bicyclic) bond motifs is 1. The molecule has 1 saturated carbocycles. The van der Waals surface area contributed by atoms with Crippen LogP contribution in [0.5, 0.6) is 5.75 Å². The van der Waals surface area contributed by atoms with E-state index in [0.29, 0.717) is 23.5 Å². The second kappa shape index (κ2) is 7.01. The van der Waals surface area contributed by atoms with Crippen LogP contribution in [0, 0.1) is 11.8 Å². The van der Waals surface area contributed by atoms with Crippen molar-refractivity contribution in [1.29, 1.82) is 0 Å². The molecule has 2 fully saturated rings. The lowest BCUT2D eigenvalue weighted by Crippen LogP contribution is -2.33. The molecule has 1 aromatic heterocycles. The molecule has 138 valence electrons. The van der Waals surface area contributed by atoms with Crippen molar-refractivity contribution in [3.63, 3.8) is 0 Å². The fourth-order valence-electron chi connectivity index (χ4n) is 5.03. The predicted molar refractivity (Wildman–Crippen MR) is 102 cm³/mol. The number of hydrogen-bond acceptors (Lipinski definition) is 4. The number of rotatable bonds is 5. The third-order valence-corrected chi connectivity index (χ3v) is 6.21. The molecule has 0 bridgehead atoms. The summed E-state index contributed by atoms with van der Waals surface area (Å²) >= 11 is 0. The minimum absolute atomic E-state index is 0.324. The van der Waals surface area contributed by atoms with Gasteiger partial charge in [0.1, 0.15) is 5.75 Å². The van der Waals surface area contributed by atoms with Crippen molar-refractivity contribution in [2.75, 3.05) is 19.6 Å². The number of pyridine rings is 1. The molecular formula is C22H28N2O2. The van der Waals surface area contributed by atoms with E-state index in [0.717, 1.165) is 38.9 Å². The van der Waals surface area contributed by atoms with Crippen molar-refractivity contribution in [3.05, 3.63) is 59.9 Å². The van der Waals surface area contributed by atoms with Crippen molar-refractivity contribution >= 4 is 0 Å². The third kappa shape index (κ3) is 3.76. The van der Waals surface area contributed by atoms with Crippen molar-refractivity contribution in [2.45, 2.75) is 37.7 Å². The molecule has 1 aromatic carbocycles. The van der Waals surface area contributed by atoms with Crippen molar-refractivity contribution < 1.29 is 10.2 Å². The Labute approximate surface area is 155 Å². The molecule has 2 N–H and O–H groups in total. The molecule has 4 rings (SSSR count). The average Bonchev–Trinajstić information content (AvgIpc) is 3.10. The van der Waals surface area contributed by atoms with Gasteiger partial charge in [0.25, 0.3) is 0 Å². The second-order valence-corrected chi connectivity index (χ2v) is 8.40. The van der Waals surface area contributed by atoms with E-state index in [4.69, 9.17) is 0 Å². The summed E-state index contributed by atoms with van der Waals surface area (Å²) in [5.74, 6) is 1.98. The first kappa shape index (κ1) is 17.5. The van der Waals surface area contributed by atoms with Crippen LogP contribution in [0.15, 0.2) is 48.8 Å². The number of aromatic nitrogens is 1. The number of aliphatic hydroxyl groups is 1. The Bertz CT molecular complexity index is 718. The van der Waals surface area contributed by atoms with E-state index in [-0.39, 0.29) is 0 Å². The van der Waals surface area contributed by atoms with Crippen molar-refractivity contribution in [2.24, 2.45) is 11.8 Å². The van der Waals surface area contributed by atoms with E-state index in [1.54, 1.807) is 24.5 Å². The predicted octanol–water partition coefficient (Wildman–Crippen LogP) is 3.21. The first-order chi connectivity index (χ1) is 12.5. The Kier molecular flexibility index (Phi) is 4.72. The van der Waals surface area contributed by atoms with Gasteiger partial charge in [0, 0.05) is 38.4 Å². The molecule has 1 aliphatic heterocycles. The average molecular weight is 352 g/mol. The maximum absolute atomic E-state index is 11.1. The third-order valence-electron chi connectivity index (χ3n) is 6.21. The lowest BCUT2D eigenvalue weighted by Gasteiger charge is -2.27. The number of aromatic hydroxyl groups is 1. The Morgan fingerprint density at radius 3 is 2.31 bits per heavy atom. The van der Waals surface area contributed by atoms with Gasteiger partial charge in [-0.2, -0.15) is 0 Å². The molecule has 1 aliphatic carbocycles. The van der Waals surface area contributed by atoms with E-state index in [2.05, 4.69) is 16.8 Å². The quantitative estimate of drug-likeness (QED) is 0.868. The van der Waals surface area contributed by atoms with Crippen molar-refractivity contribution in [1.82, 2.24) is 9.88 Å². The first-order valence-corrected chi connectivity index (χ1v) is 9.63. The maximum Gasteiger partial charge on any atom is 0.115 e. The molecule has 1 saturated heterocycles. The van der Waals surface area contributed by atoms with Gasteiger partial charge < -0.3 is 15.1 Å². The number of phenolic OH excluding ortho intramolecular Hbond substituents is 1. The highest BCUT2D eigenvalue weighted by molar-refractivity contribution is 5.28. The van der Waals surface area contributed by atoms with Crippen LogP contribution >= 0.6 is 0 Å². The fraction of sp³-hybridized carbons (Fsp3) is 0.500. The van der Waals surface area contributed by atoms with E-state index in [1.165, 1.54) is 11.1 Å². The Balaban J connectivity index is 1.32. The molecule has 0 spiro atoms. The molecule has 2 unspecified atom stereocenters. The summed E-state index contributed by atoms with van der Waals surface area (Å²) < 4.78 is 0. The van der Waals surface area contributed by atoms with Gasteiger partial charge in [0.15, 0.2) is 0 Å².